The van der Waals surface area contributed by atoms with Crippen LogP contribution in [0.1, 0.15) is 10.4 Å². The molecule has 0 fully saturated rings. The topological polar surface area (TPSA) is 34.9 Å². The van der Waals surface area contributed by atoms with Gasteiger partial charge in [-0.25, -0.2) is 4.98 Å². The molecule has 0 unspecified atom stereocenters. The maximum absolute atomic E-state index is 11.7. The Balaban J connectivity index is 2.09. The molecule has 1 aromatic heterocycles. The van der Waals surface area contributed by atoms with Crippen molar-refractivity contribution in [1.82, 2.24) is 9.55 Å². The van der Waals surface area contributed by atoms with Crippen LogP contribution in [0, 0.1) is 0 Å². The molecule has 15 heavy (non-hydrogen) atoms. The molecule has 0 saturated carbocycles. The normalized spacial score (nSPS) is 10.2. The maximum atomic E-state index is 11.7. The minimum absolute atomic E-state index is 0.00479. The molecule has 0 spiro atoms. The number of nitrogens with zero attached hydrogens (tertiary/aromatic N) is 2. The number of hydrogen-bond donors (Lipinski definition) is 0. The summed E-state index contributed by atoms with van der Waals surface area (Å²) in [6, 6.07) is 7.24. The van der Waals surface area contributed by atoms with E-state index >= 15 is 0 Å². The van der Waals surface area contributed by atoms with E-state index in [-0.39, 0.29) is 5.91 Å². The van der Waals surface area contributed by atoms with E-state index in [1.165, 1.54) is 10.9 Å². The van der Waals surface area contributed by atoms with Crippen molar-refractivity contribution in [2.24, 2.45) is 0 Å². The summed E-state index contributed by atoms with van der Waals surface area (Å²) in [6.07, 6.45) is 5.07. The first-order valence-electron chi connectivity index (χ1n) is 4.51. The predicted molar refractivity (Wildman–Crippen MR) is 58.0 cm³/mol. The molecule has 0 atom stereocenters. The molecule has 0 N–H and O–H groups in total. The lowest BCUT2D eigenvalue weighted by Gasteiger charge is -2.01. The third-order valence-corrected chi connectivity index (χ3v) is 2.31. The zero-order chi connectivity index (χ0) is 10.7. The first-order chi connectivity index (χ1) is 7.25. The lowest BCUT2D eigenvalue weighted by Crippen LogP contribution is -2.11. The van der Waals surface area contributed by atoms with Gasteiger partial charge in [0.25, 0.3) is 0 Å². The number of aromatic nitrogens is 2. The van der Waals surface area contributed by atoms with Crippen LogP contribution in [-0.4, -0.2) is 15.5 Å². The zero-order valence-electron chi connectivity index (χ0n) is 7.93. The summed E-state index contributed by atoms with van der Waals surface area (Å²) in [5.41, 5.74) is 0.943. The number of halogens is 1. The van der Waals surface area contributed by atoms with E-state index in [0.717, 1.165) is 5.56 Å². The fourth-order valence-electron chi connectivity index (χ4n) is 1.27. The summed E-state index contributed by atoms with van der Waals surface area (Å²) in [5, 5.41) is 0.675. The lowest BCUT2D eigenvalue weighted by atomic mass is 10.1. The van der Waals surface area contributed by atoms with Crippen LogP contribution in [-0.2, 0) is 6.42 Å². The molecule has 1 heterocycles. The molecule has 76 valence electrons. The van der Waals surface area contributed by atoms with Crippen molar-refractivity contribution in [2.45, 2.75) is 6.42 Å². The first-order valence-corrected chi connectivity index (χ1v) is 4.89. The summed E-state index contributed by atoms with van der Waals surface area (Å²) in [4.78, 5) is 15.5. The number of rotatable bonds is 2. The zero-order valence-corrected chi connectivity index (χ0v) is 8.69. The standard InChI is InChI=1S/C11H9ClN2O/c12-10-3-1-9(2-4-10)7-11(15)14-6-5-13-8-14/h1-6,8H,7H2. The molecule has 1 aromatic carbocycles. The molecule has 0 radical (unpaired) electrons. The van der Waals surface area contributed by atoms with E-state index in [2.05, 4.69) is 4.98 Å². The molecule has 3 nitrogen and oxygen atoms in total. The van der Waals surface area contributed by atoms with Gasteiger partial charge in [-0.05, 0) is 17.7 Å². The second-order valence-corrected chi connectivity index (χ2v) is 3.60. The van der Waals surface area contributed by atoms with Gasteiger partial charge in [0.2, 0.25) is 5.91 Å². The highest BCUT2D eigenvalue weighted by molar-refractivity contribution is 6.30. The monoisotopic (exact) mass is 220 g/mol. The van der Waals surface area contributed by atoms with E-state index in [4.69, 9.17) is 11.6 Å². The Morgan fingerprint density at radius 2 is 2.07 bits per heavy atom. The number of hydrogen-bond acceptors (Lipinski definition) is 2. The highest BCUT2D eigenvalue weighted by atomic mass is 35.5. The SMILES string of the molecule is O=C(Cc1ccc(Cl)cc1)n1ccnc1. The lowest BCUT2D eigenvalue weighted by molar-refractivity contribution is 0.0914. The van der Waals surface area contributed by atoms with Crippen LogP contribution in [0.2, 0.25) is 5.02 Å². The van der Waals surface area contributed by atoms with Crippen molar-refractivity contribution in [3.05, 3.63) is 53.6 Å². The van der Waals surface area contributed by atoms with Crippen LogP contribution in [0.15, 0.2) is 43.0 Å². The predicted octanol–water partition coefficient (Wildman–Crippen LogP) is 2.42. The highest BCUT2D eigenvalue weighted by Gasteiger charge is 2.04. The molecular weight excluding hydrogens is 212 g/mol. The van der Waals surface area contributed by atoms with Crippen molar-refractivity contribution in [1.29, 1.82) is 0 Å². The third kappa shape index (κ3) is 2.44. The molecule has 0 bridgehead atoms. The van der Waals surface area contributed by atoms with Crippen LogP contribution in [0.3, 0.4) is 0 Å². The van der Waals surface area contributed by atoms with Gasteiger partial charge in [-0.15, -0.1) is 0 Å². The number of imidazole rings is 1. The first kappa shape index (κ1) is 9.93. The van der Waals surface area contributed by atoms with E-state index < -0.39 is 0 Å². The average Bonchev–Trinajstić information content (AvgIpc) is 2.74. The molecule has 0 amide bonds. The summed E-state index contributed by atoms with van der Waals surface area (Å²) < 4.78 is 1.47. The quantitative estimate of drug-likeness (QED) is 0.779. The molecule has 0 aliphatic heterocycles. The van der Waals surface area contributed by atoms with Gasteiger partial charge in [0.05, 0.1) is 6.42 Å². The average molecular weight is 221 g/mol. The van der Waals surface area contributed by atoms with Gasteiger partial charge in [0.1, 0.15) is 6.33 Å². The second kappa shape index (κ2) is 4.28. The van der Waals surface area contributed by atoms with Crippen LogP contribution in [0.5, 0.6) is 0 Å². The van der Waals surface area contributed by atoms with E-state index in [1.807, 2.05) is 12.1 Å². The summed E-state index contributed by atoms with van der Waals surface area (Å²) in [5.74, 6) is -0.00479. The van der Waals surface area contributed by atoms with Gasteiger partial charge in [0.15, 0.2) is 0 Å². The number of carbonyl (C=O) groups is 1. The van der Waals surface area contributed by atoms with Crippen molar-refractivity contribution >= 4 is 17.5 Å². The van der Waals surface area contributed by atoms with Gasteiger partial charge in [0, 0.05) is 17.4 Å². The van der Waals surface area contributed by atoms with Crippen molar-refractivity contribution in [3.63, 3.8) is 0 Å². The van der Waals surface area contributed by atoms with Gasteiger partial charge in [-0.1, -0.05) is 23.7 Å². The summed E-state index contributed by atoms with van der Waals surface area (Å²) >= 11 is 5.75. The van der Waals surface area contributed by atoms with Crippen molar-refractivity contribution in [3.8, 4) is 0 Å². The Morgan fingerprint density at radius 3 is 2.67 bits per heavy atom. The largest absolute Gasteiger partial charge is 0.276 e. The number of carbonyl (C=O) groups excluding carboxylic acids is 1. The minimum atomic E-state index is -0.00479. The molecule has 0 aliphatic rings. The van der Waals surface area contributed by atoms with E-state index in [1.54, 1.807) is 24.5 Å². The molecule has 2 aromatic rings. The Kier molecular flexibility index (Phi) is 2.83. The Hall–Kier alpha value is -1.61. The van der Waals surface area contributed by atoms with Gasteiger partial charge < -0.3 is 0 Å². The van der Waals surface area contributed by atoms with E-state index in [9.17, 15) is 4.79 Å². The van der Waals surface area contributed by atoms with Crippen LogP contribution in [0.4, 0.5) is 0 Å². The molecule has 0 saturated heterocycles. The fraction of sp³-hybridized carbons (Fsp3) is 0.0909. The molecular formula is C11H9ClN2O. The third-order valence-electron chi connectivity index (χ3n) is 2.06. The summed E-state index contributed by atoms with van der Waals surface area (Å²) in [6.45, 7) is 0. The Morgan fingerprint density at radius 1 is 1.33 bits per heavy atom. The highest BCUT2D eigenvalue weighted by Crippen LogP contribution is 2.10. The minimum Gasteiger partial charge on any atom is -0.276 e. The summed E-state index contributed by atoms with van der Waals surface area (Å²) in [7, 11) is 0. The number of benzene rings is 1. The molecule has 4 heteroatoms. The van der Waals surface area contributed by atoms with Gasteiger partial charge in [-0.2, -0.15) is 0 Å². The fourth-order valence-corrected chi connectivity index (χ4v) is 1.40. The Labute approximate surface area is 92.3 Å². The smallest absolute Gasteiger partial charge is 0.236 e. The van der Waals surface area contributed by atoms with Gasteiger partial charge >= 0.3 is 0 Å². The molecule has 2 rings (SSSR count). The van der Waals surface area contributed by atoms with Crippen molar-refractivity contribution < 1.29 is 4.79 Å². The molecule has 0 aliphatic carbocycles. The van der Waals surface area contributed by atoms with Crippen LogP contribution >= 0.6 is 11.6 Å². The van der Waals surface area contributed by atoms with Crippen LogP contribution < -0.4 is 0 Å². The maximum Gasteiger partial charge on any atom is 0.236 e. The Bertz CT molecular complexity index is 448. The van der Waals surface area contributed by atoms with Crippen LogP contribution in [0.25, 0.3) is 0 Å². The second-order valence-electron chi connectivity index (χ2n) is 3.17. The van der Waals surface area contributed by atoms with E-state index in [0.29, 0.717) is 11.4 Å². The van der Waals surface area contributed by atoms with Gasteiger partial charge in [-0.3, -0.25) is 9.36 Å². The van der Waals surface area contributed by atoms with Crippen molar-refractivity contribution in [2.75, 3.05) is 0 Å².